The average Bonchev–Trinajstić information content (AvgIpc) is 2.20. The maximum absolute atomic E-state index is 4.04. The van der Waals surface area contributed by atoms with Crippen molar-refractivity contribution in [3.63, 3.8) is 0 Å². The summed E-state index contributed by atoms with van der Waals surface area (Å²) >= 11 is 0. The first-order chi connectivity index (χ1) is 6.65. The zero-order chi connectivity index (χ0) is 10.6. The summed E-state index contributed by atoms with van der Waals surface area (Å²) in [5.41, 5.74) is 1.33. The number of hydrogen-bond donors (Lipinski definition) is 1. The zero-order valence-corrected chi connectivity index (χ0v) is 9.97. The molecule has 1 fully saturated rings. The Morgan fingerprint density at radius 3 is 2.71 bits per heavy atom. The minimum Gasteiger partial charge on any atom is -0.310 e. The maximum Gasteiger partial charge on any atom is 0.0164 e. The minimum atomic E-state index is 0.724. The Bertz CT molecular complexity index is 186. The van der Waals surface area contributed by atoms with Crippen LogP contribution in [0.3, 0.4) is 0 Å². The lowest BCUT2D eigenvalue weighted by molar-refractivity contribution is 0.210. The van der Waals surface area contributed by atoms with E-state index in [1.807, 2.05) is 0 Å². The summed E-state index contributed by atoms with van der Waals surface area (Å²) in [7, 11) is 0. The first-order valence-corrected chi connectivity index (χ1v) is 6.05. The first-order valence-electron chi connectivity index (χ1n) is 6.05. The molecule has 0 amide bonds. The number of nitrogens with one attached hydrogen (secondary N) is 1. The van der Waals surface area contributed by atoms with Gasteiger partial charge in [0.15, 0.2) is 0 Å². The molecule has 1 aliphatic carbocycles. The van der Waals surface area contributed by atoms with Crippen molar-refractivity contribution >= 4 is 0 Å². The van der Waals surface area contributed by atoms with Gasteiger partial charge in [-0.2, -0.15) is 0 Å². The van der Waals surface area contributed by atoms with Gasteiger partial charge in [0.25, 0.3) is 0 Å². The van der Waals surface area contributed by atoms with Gasteiger partial charge in [-0.3, -0.25) is 0 Å². The normalized spacial score (nSPS) is 32.9. The van der Waals surface area contributed by atoms with Crippen LogP contribution in [0.25, 0.3) is 0 Å². The summed E-state index contributed by atoms with van der Waals surface area (Å²) in [5.74, 6) is 1.71. The smallest absolute Gasteiger partial charge is 0.0164 e. The third kappa shape index (κ3) is 3.13. The van der Waals surface area contributed by atoms with Crippen LogP contribution in [0.1, 0.15) is 46.5 Å². The summed E-state index contributed by atoms with van der Waals surface area (Å²) in [4.78, 5) is 0. The second-order valence-electron chi connectivity index (χ2n) is 4.86. The highest BCUT2D eigenvalue weighted by molar-refractivity contribution is 4.97. The predicted octanol–water partition coefficient (Wildman–Crippen LogP) is 3.37. The van der Waals surface area contributed by atoms with Crippen molar-refractivity contribution in [2.45, 2.75) is 52.5 Å². The van der Waals surface area contributed by atoms with Gasteiger partial charge < -0.3 is 5.32 Å². The van der Waals surface area contributed by atoms with E-state index in [-0.39, 0.29) is 0 Å². The Hall–Kier alpha value is -0.300. The second kappa shape index (κ2) is 5.55. The molecule has 0 heterocycles. The molecule has 82 valence electrons. The van der Waals surface area contributed by atoms with Crippen molar-refractivity contribution in [1.29, 1.82) is 0 Å². The van der Waals surface area contributed by atoms with Gasteiger partial charge >= 0.3 is 0 Å². The van der Waals surface area contributed by atoms with Crippen LogP contribution >= 0.6 is 0 Å². The highest BCUT2D eigenvalue weighted by atomic mass is 14.9. The average molecular weight is 195 g/mol. The lowest BCUT2D eigenvalue weighted by Gasteiger charge is -2.35. The SMILES string of the molecule is C=C(CC)CNC1CCCC(C)C1C. The molecule has 14 heavy (non-hydrogen) atoms. The lowest BCUT2D eigenvalue weighted by Crippen LogP contribution is -2.41. The van der Waals surface area contributed by atoms with Crippen molar-refractivity contribution in [2.75, 3.05) is 6.54 Å². The number of hydrogen-bond acceptors (Lipinski definition) is 1. The molecule has 0 spiro atoms. The fraction of sp³-hybridized carbons (Fsp3) is 0.846. The molecule has 1 N–H and O–H groups in total. The lowest BCUT2D eigenvalue weighted by atomic mass is 9.78. The van der Waals surface area contributed by atoms with Crippen LogP contribution in [-0.4, -0.2) is 12.6 Å². The molecule has 0 aromatic rings. The van der Waals surface area contributed by atoms with E-state index < -0.39 is 0 Å². The largest absolute Gasteiger partial charge is 0.310 e. The van der Waals surface area contributed by atoms with Gasteiger partial charge in [0.2, 0.25) is 0 Å². The molecule has 3 atom stereocenters. The van der Waals surface area contributed by atoms with Crippen molar-refractivity contribution in [3.8, 4) is 0 Å². The van der Waals surface area contributed by atoms with Crippen molar-refractivity contribution < 1.29 is 0 Å². The summed E-state index contributed by atoms with van der Waals surface area (Å²) < 4.78 is 0. The van der Waals surface area contributed by atoms with E-state index in [0.29, 0.717) is 0 Å². The van der Waals surface area contributed by atoms with Crippen LogP contribution in [0, 0.1) is 11.8 Å². The second-order valence-corrected chi connectivity index (χ2v) is 4.86. The Balaban J connectivity index is 2.32. The predicted molar refractivity (Wildman–Crippen MR) is 63.4 cm³/mol. The van der Waals surface area contributed by atoms with Gasteiger partial charge in [0.1, 0.15) is 0 Å². The van der Waals surface area contributed by atoms with Gasteiger partial charge in [-0.05, 0) is 24.7 Å². The van der Waals surface area contributed by atoms with E-state index in [0.717, 1.165) is 30.8 Å². The molecule has 1 aliphatic rings. The molecular weight excluding hydrogens is 170 g/mol. The topological polar surface area (TPSA) is 12.0 Å². The molecule has 1 rings (SSSR count). The Morgan fingerprint density at radius 2 is 2.07 bits per heavy atom. The number of rotatable bonds is 4. The Morgan fingerprint density at radius 1 is 1.36 bits per heavy atom. The van der Waals surface area contributed by atoms with Crippen molar-refractivity contribution in [2.24, 2.45) is 11.8 Å². The quantitative estimate of drug-likeness (QED) is 0.678. The van der Waals surface area contributed by atoms with Crippen LogP contribution in [0.4, 0.5) is 0 Å². The van der Waals surface area contributed by atoms with E-state index in [4.69, 9.17) is 0 Å². The van der Waals surface area contributed by atoms with E-state index in [1.54, 1.807) is 0 Å². The van der Waals surface area contributed by atoms with E-state index >= 15 is 0 Å². The highest BCUT2D eigenvalue weighted by Gasteiger charge is 2.26. The van der Waals surface area contributed by atoms with Gasteiger partial charge in [0.05, 0.1) is 0 Å². The Labute approximate surface area is 89.0 Å². The van der Waals surface area contributed by atoms with Crippen LogP contribution in [0.5, 0.6) is 0 Å². The molecule has 3 unspecified atom stereocenters. The molecule has 0 bridgehead atoms. The summed E-state index contributed by atoms with van der Waals surface area (Å²) in [6, 6.07) is 0.724. The molecule has 1 nitrogen and oxygen atoms in total. The molecular formula is C13H25N. The Kier molecular flexibility index (Phi) is 4.67. The molecule has 0 aromatic heterocycles. The van der Waals surface area contributed by atoms with Crippen LogP contribution < -0.4 is 5.32 Å². The zero-order valence-electron chi connectivity index (χ0n) is 9.97. The van der Waals surface area contributed by atoms with Gasteiger partial charge in [-0.15, -0.1) is 0 Å². The van der Waals surface area contributed by atoms with Crippen molar-refractivity contribution in [3.05, 3.63) is 12.2 Å². The molecule has 1 saturated carbocycles. The fourth-order valence-electron chi connectivity index (χ4n) is 2.27. The monoisotopic (exact) mass is 195 g/mol. The van der Waals surface area contributed by atoms with Crippen molar-refractivity contribution in [1.82, 2.24) is 5.32 Å². The summed E-state index contributed by atoms with van der Waals surface area (Å²) in [6.45, 7) is 12.0. The van der Waals surface area contributed by atoms with E-state index in [1.165, 1.54) is 24.8 Å². The van der Waals surface area contributed by atoms with Crippen LogP contribution in [-0.2, 0) is 0 Å². The fourth-order valence-corrected chi connectivity index (χ4v) is 2.27. The summed E-state index contributed by atoms with van der Waals surface area (Å²) in [6.07, 6.45) is 5.25. The van der Waals surface area contributed by atoms with Gasteiger partial charge in [0, 0.05) is 12.6 Å². The molecule has 0 saturated heterocycles. The molecule has 0 aliphatic heterocycles. The third-order valence-electron chi connectivity index (χ3n) is 3.82. The van der Waals surface area contributed by atoms with Crippen LogP contribution in [0.2, 0.25) is 0 Å². The van der Waals surface area contributed by atoms with E-state index in [9.17, 15) is 0 Å². The maximum atomic E-state index is 4.04. The van der Waals surface area contributed by atoms with Crippen LogP contribution in [0.15, 0.2) is 12.2 Å². The van der Waals surface area contributed by atoms with E-state index in [2.05, 4.69) is 32.7 Å². The molecule has 1 heteroatoms. The highest BCUT2D eigenvalue weighted by Crippen LogP contribution is 2.29. The third-order valence-corrected chi connectivity index (χ3v) is 3.82. The summed E-state index contributed by atoms with van der Waals surface area (Å²) in [5, 5.41) is 3.65. The minimum absolute atomic E-state index is 0.724. The van der Waals surface area contributed by atoms with Gasteiger partial charge in [-0.1, -0.05) is 45.8 Å². The standard InChI is InChI=1S/C13H25N/c1-5-10(2)9-14-13-8-6-7-11(3)12(13)4/h11-14H,2,5-9H2,1,3-4H3. The molecule has 0 aromatic carbocycles. The van der Waals surface area contributed by atoms with Gasteiger partial charge in [-0.25, -0.2) is 0 Å². The molecule has 0 radical (unpaired) electrons. The first kappa shape index (κ1) is 11.8.